The van der Waals surface area contributed by atoms with Crippen LogP contribution in [0.4, 0.5) is 26.3 Å². The number of nitrogens with one attached hydrogen (secondary N) is 1. The van der Waals surface area contributed by atoms with Gasteiger partial charge in [-0.1, -0.05) is 5.16 Å². The van der Waals surface area contributed by atoms with Crippen molar-refractivity contribution in [2.24, 2.45) is 0 Å². The van der Waals surface area contributed by atoms with E-state index in [-0.39, 0.29) is 82.3 Å². The first kappa shape index (κ1) is 56.8. The molecule has 2 saturated heterocycles. The number of nitrogens with zero attached hydrogens (tertiary/aromatic N) is 12. The Balaban J connectivity index is 0.000000194. The molecule has 3 N–H and O–H groups in total. The summed E-state index contributed by atoms with van der Waals surface area (Å²) in [5.41, 5.74) is 0.911. The maximum atomic E-state index is 14.3. The molecule has 8 heterocycles. The van der Waals surface area contributed by atoms with Crippen LogP contribution in [0.2, 0.25) is 0 Å². The molecule has 8 aromatic rings. The Bertz CT molecular complexity index is 3490. The molecule has 2 aliphatic heterocycles. The molecule has 424 valence electrons. The molecule has 0 bridgehead atoms. The summed E-state index contributed by atoms with van der Waals surface area (Å²) in [6, 6.07) is 11.8. The zero-order valence-corrected chi connectivity index (χ0v) is 45.0. The highest BCUT2D eigenvalue weighted by Gasteiger charge is 2.42. The van der Waals surface area contributed by atoms with E-state index in [1.807, 2.05) is 20.8 Å². The molecule has 2 aromatic carbocycles. The summed E-state index contributed by atoms with van der Waals surface area (Å²) < 4.78 is 103. The lowest BCUT2D eigenvalue weighted by Crippen LogP contribution is -2.55. The number of halogens is 6. The summed E-state index contributed by atoms with van der Waals surface area (Å²) in [7, 11) is 3.00. The number of H-pyrrole nitrogens is 1. The highest BCUT2D eigenvalue weighted by molar-refractivity contribution is 6.01. The van der Waals surface area contributed by atoms with Gasteiger partial charge in [0, 0.05) is 90.9 Å². The highest BCUT2D eigenvalue weighted by atomic mass is 19.4. The Morgan fingerprint density at radius 1 is 0.675 bits per heavy atom. The number of carbonyl (C=O) groups is 2. The third kappa shape index (κ3) is 10.8. The van der Waals surface area contributed by atoms with Gasteiger partial charge in [-0.15, -0.1) is 0 Å². The fraction of sp³-hybridized carbons (Fsp3) is 0.407. The average molecular weight is 1120 g/mol. The van der Waals surface area contributed by atoms with E-state index < -0.39 is 35.6 Å². The van der Waals surface area contributed by atoms with Gasteiger partial charge in [0.2, 0.25) is 0 Å². The fourth-order valence-corrected chi connectivity index (χ4v) is 10.9. The summed E-state index contributed by atoms with van der Waals surface area (Å²) in [5.74, 6) is 0.808. The minimum Gasteiger partial charge on any atom is -0.497 e. The van der Waals surface area contributed by atoms with Gasteiger partial charge >= 0.3 is 12.4 Å². The monoisotopic (exact) mass is 1120 g/mol. The molecule has 0 unspecified atom stereocenters. The zero-order valence-electron chi connectivity index (χ0n) is 45.0. The van der Waals surface area contributed by atoms with Gasteiger partial charge in [0.15, 0.2) is 22.7 Å². The first-order valence-electron chi connectivity index (χ1n) is 25.5. The summed E-state index contributed by atoms with van der Waals surface area (Å²) in [5, 5.41) is 38.7. The van der Waals surface area contributed by atoms with Crippen molar-refractivity contribution in [3.05, 3.63) is 130 Å². The molecule has 6 aromatic heterocycles. The van der Waals surface area contributed by atoms with Crippen molar-refractivity contribution in [1.82, 2.24) is 64.1 Å². The van der Waals surface area contributed by atoms with E-state index in [1.165, 1.54) is 28.1 Å². The first-order chi connectivity index (χ1) is 38.1. The van der Waals surface area contributed by atoms with Gasteiger partial charge in [-0.2, -0.15) is 41.6 Å². The number of methoxy groups -OCH3 is 2. The lowest BCUT2D eigenvalue weighted by atomic mass is 10.0. The van der Waals surface area contributed by atoms with E-state index in [0.717, 1.165) is 23.5 Å². The topological polar surface area (TPSA) is 221 Å². The molecule has 0 radical (unpaired) electrons. The number of piperazine rings is 2. The van der Waals surface area contributed by atoms with Crippen LogP contribution >= 0.6 is 0 Å². The number of benzene rings is 2. The van der Waals surface area contributed by atoms with E-state index >= 15 is 0 Å². The molecule has 2 aliphatic rings. The number of hydrogen-bond donors (Lipinski definition) is 3. The predicted molar refractivity (Wildman–Crippen MR) is 278 cm³/mol. The van der Waals surface area contributed by atoms with Crippen LogP contribution in [0.25, 0.3) is 33.8 Å². The number of aliphatic hydroxyl groups excluding tert-OH is 2. The molecule has 10 rings (SSSR count). The van der Waals surface area contributed by atoms with Crippen molar-refractivity contribution >= 4 is 23.1 Å². The second-order valence-electron chi connectivity index (χ2n) is 19.8. The van der Waals surface area contributed by atoms with Gasteiger partial charge in [0.1, 0.15) is 28.4 Å². The van der Waals surface area contributed by atoms with Crippen molar-refractivity contribution in [1.29, 1.82) is 0 Å². The number of aryl methyl sites for hydroxylation is 2. The number of rotatable bonds is 12. The minimum absolute atomic E-state index is 0.0101. The number of alkyl halides is 6. The van der Waals surface area contributed by atoms with E-state index in [0.29, 0.717) is 82.4 Å². The number of aromatic nitrogens is 9. The van der Waals surface area contributed by atoms with Crippen LogP contribution in [0.15, 0.2) is 77.8 Å². The fourth-order valence-electron chi connectivity index (χ4n) is 10.9. The summed E-state index contributed by atoms with van der Waals surface area (Å²) in [6.45, 7) is 12.1. The molecule has 0 saturated carbocycles. The molecule has 0 spiro atoms. The normalized spacial score (nSPS) is 17.4. The van der Waals surface area contributed by atoms with Crippen LogP contribution < -0.4 is 9.47 Å². The molecule has 26 heteroatoms. The molecular formula is C54H59F6N13O7. The van der Waals surface area contributed by atoms with Crippen LogP contribution in [0, 0.1) is 27.7 Å². The number of fused-ring (bicyclic) bond motifs is 2. The number of aliphatic hydroxyl groups is 2. The van der Waals surface area contributed by atoms with Gasteiger partial charge in [-0.3, -0.25) is 24.5 Å². The standard InChI is InChI=1S/C28H31F3N6O4.C26H28F3N7O3/c1-15-13-35(22(14-38)23-17(3)34-41-18(23)4)10-11-36(15)27(39)21-12-32-37-25(28(29,30)31)16(2)24(33-26(21)37)19-6-8-20(40-5)9-7-19;1-15-13-34(21(14-37)18-10-30-31-11-18)8-9-35(15)25(38)20-12-32-36-23(26(27,28)29)16(2)22(33-24(20)36)17-4-6-19(39-3)7-5-17/h6-9,12,15,22,38H,10-11,13-14H2,1-5H3;4-7,10-12,15,21,37H,8-9,13-14H2,1-3H3,(H,30,31)/t15-,22+;15-,21-/m11/s1. The third-order valence-electron chi connectivity index (χ3n) is 14.9. The molecule has 80 heavy (non-hydrogen) atoms. The summed E-state index contributed by atoms with van der Waals surface area (Å²) in [6.07, 6.45) is -3.81. The van der Waals surface area contributed by atoms with E-state index in [9.17, 15) is 46.1 Å². The van der Waals surface area contributed by atoms with E-state index in [1.54, 1.807) is 77.6 Å². The maximum Gasteiger partial charge on any atom is 0.433 e. The number of carbonyl (C=O) groups excluding carboxylic acids is 2. The molecular weight excluding hydrogens is 1060 g/mol. The first-order valence-corrected chi connectivity index (χ1v) is 25.5. The number of amides is 2. The number of ether oxygens (including phenoxy) is 2. The van der Waals surface area contributed by atoms with Crippen LogP contribution in [0.3, 0.4) is 0 Å². The smallest absolute Gasteiger partial charge is 0.433 e. The molecule has 20 nitrogen and oxygen atoms in total. The Hall–Kier alpha value is -7.94. The van der Waals surface area contributed by atoms with Gasteiger partial charge in [-0.25, -0.2) is 19.0 Å². The molecule has 2 fully saturated rings. The molecule has 2 amide bonds. The molecule has 4 atom stereocenters. The number of hydrogen-bond acceptors (Lipinski definition) is 15. The lowest BCUT2D eigenvalue weighted by Gasteiger charge is -2.42. The van der Waals surface area contributed by atoms with Gasteiger partial charge in [-0.05, 0) is 90.1 Å². The van der Waals surface area contributed by atoms with Gasteiger partial charge in [0.25, 0.3) is 11.8 Å². The second-order valence-corrected chi connectivity index (χ2v) is 19.8. The van der Waals surface area contributed by atoms with Crippen LogP contribution in [0.1, 0.15) is 91.7 Å². The zero-order chi connectivity index (χ0) is 57.5. The largest absolute Gasteiger partial charge is 0.497 e. The second kappa shape index (κ2) is 22.7. The van der Waals surface area contributed by atoms with Crippen molar-refractivity contribution in [3.8, 4) is 34.0 Å². The van der Waals surface area contributed by atoms with E-state index in [4.69, 9.17) is 14.0 Å². The van der Waals surface area contributed by atoms with E-state index in [2.05, 4.69) is 45.3 Å². The summed E-state index contributed by atoms with van der Waals surface area (Å²) in [4.78, 5) is 43.9. The van der Waals surface area contributed by atoms with Gasteiger partial charge < -0.3 is 34.0 Å². The average Bonchev–Trinajstić information content (AvgIpc) is 4.34. The minimum atomic E-state index is -4.74. The lowest BCUT2D eigenvalue weighted by molar-refractivity contribution is -0.144. The summed E-state index contributed by atoms with van der Waals surface area (Å²) >= 11 is 0. The van der Waals surface area contributed by atoms with Crippen molar-refractivity contribution in [3.63, 3.8) is 0 Å². The van der Waals surface area contributed by atoms with Crippen molar-refractivity contribution in [2.75, 3.05) is 66.7 Å². The Morgan fingerprint density at radius 3 is 1.46 bits per heavy atom. The van der Waals surface area contributed by atoms with Gasteiger partial charge in [0.05, 0.1) is 75.2 Å². The Kier molecular flexibility index (Phi) is 16.1. The quantitative estimate of drug-likeness (QED) is 0.101. The Morgan fingerprint density at radius 2 is 1.11 bits per heavy atom. The van der Waals surface area contributed by atoms with Crippen LogP contribution in [-0.2, 0) is 12.4 Å². The Labute approximate surface area is 454 Å². The predicted octanol–water partition coefficient (Wildman–Crippen LogP) is 7.55. The highest BCUT2D eigenvalue weighted by Crippen LogP contribution is 2.40. The van der Waals surface area contributed by atoms with Crippen molar-refractivity contribution in [2.45, 2.75) is 78.1 Å². The third-order valence-corrected chi connectivity index (χ3v) is 14.9. The SMILES string of the molecule is COc1ccc(-c2nc3c(C(=O)N4CCN([C@@H](CO)c5c(C)noc5C)C[C@H]4C)cnn3c(C(F)(F)F)c2C)cc1.COc1ccc(-c2nc3c(C(=O)N4CCN([C@H](CO)c5cn[nH]c5)C[C@H]4C)cnn3c(C(F)(F)F)c2C)cc1. The molecule has 0 aliphatic carbocycles. The van der Waals surface area contributed by atoms with Crippen molar-refractivity contribution < 1.29 is 60.1 Å². The number of aromatic amines is 1. The van der Waals surface area contributed by atoms with Crippen LogP contribution in [0.5, 0.6) is 11.5 Å². The van der Waals surface area contributed by atoms with Crippen LogP contribution in [-0.4, -0.2) is 165 Å². The maximum absolute atomic E-state index is 14.3.